The van der Waals surface area contributed by atoms with E-state index in [1.165, 1.54) is 0 Å². The maximum atomic E-state index is 5.69. The van der Waals surface area contributed by atoms with Crippen molar-refractivity contribution >= 4 is 0 Å². The lowest BCUT2D eigenvalue weighted by Gasteiger charge is -2.02. The molecule has 66 valence electrons. The predicted octanol–water partition coefficient (Wildman–Crippen LogP) is 1.02. The molecule has 0 amide bonds. The SMILES string of the molecule is CC(N)c1nc2c([nH]1)COC2C. The van der Waals surface area contributed by atoms with Crippen molar-refractivity contribution in [3.8, 4) is 0 Å². The van der Waals surface area contributed by atoms with Crippen LogP contribution < -0.4 is 5.73 Å². The van der Waals surface area contributed by atoms with Crippen LogP contribution in [0, 0.1) is 0 Å². The molecule has 0 spiro atoms. The van der Waals surface area contributed by atoms with Crippen LogP contribution in [0.25, 0.3) is 0 Å². The van der Waals surface area contributed by atoms with E-state index in [1.54, 1.807) is 0 Å². The Labute approximate surface area is 71.1 Å². The van der Waals surface area contributed by atoms with E-state index < -0.39 is 0 Å². The van der Waals surface area contributed by atoms with Gasteiger partial charge in [-0.05, 0) is 13.8 Å². The number of hydrogen-bond acceptors (Lipinski definition) is 3. The van der Waals surface area contributed by atoms with E-state index in [9.17, 15) is 0 Å². The molecule has 12 heavy (non-hydrogen) atoms. The van der Waals surface area contributed by atoms with E-state index in [2.05, 4.69) is 9.97 Å². The summed E-state index contributed by atoms with van der Waals surface area (Å²) in [5.74, 6) is 0.857. The lowest BCUT2D eigenvalue weighted by Crippen LogP contribution is -2.07. The van der Waals surface area contributed by atoms with Gasteiger partial charge in [0.25, 0.3) is 0 Å². The highest BCUT2D eigenvalue weighted by atomic mass is 16.5. The van der Waals surface area contributed by atoms with E-state index in [0.29, 0.717) is 6.61 Å². The van der Waals surface area contributed by atoms with Crippen LogP contribution in [-0.4, -0.2) is 9.97 Å². The molecule has 0 bridgehead atoms. The standard InChI is InChI=1S/C8H13N3O/c1-4(9)8-10-6-3-12-5(2)7(6)11-8/h4-5H,3,9H2,1-2H3,(H,10,11). The number of imidazole rings is 1. The molecule has 2 rings (SSSR count). The molecule has 4 heteroatoms. The third-order valence-corrected chi connectivity index (χ3v) is 2.12. The number of aromatic nitrogens is 2. The van der Waals surface area contributed by atoms with Crippen LogP contribution in [-0.2, 0) is 11.3 Å². The third kappa shape index (κ3) is 1.04. The van der Waals surface area contributed by atoms with Gasteiger partial charge in [0.05, 0.1) is 30.1 Å². The summed E-state index contributed by atoms with van der Waals surface area (Å²) in [7, 11) is 0. The first-order chi connectivity index (χ1) is 5.68. The second-order valence-electron chi connectivity index (χ2n) is 3.23. The number of H-pyrrole nitrogens is 1. The number of ether oxygens (including phenoxy) is 1. The molecular weight excluding hydrogens is 154 g/mol. The van der Waals surface area contributed by atoms with Gasteiger partial charge in [0.1, 0.15) is 5.82 Å². The predicted molar refractivity (Wildman–Crippen MR) is 44.4 cm³/mol. The Balaban J connectivity index is 2.36. The molecule has 0 fully saturated rings. The lowest BCUT2D eigenvalue weighted by atomic mass is 10.3. The third-order valence-electron chi connectivity index (χ3n) is 2.12. The molecule has 1 aromatic heterocycles. The smallest absolute Gasteiger partial charge is 0.123 e. The van der Waals surface area contributed by atoms with Crippen LogP contribution in [0.4, 0.5) is 0 Å². The quantitative estimate of drug-likeness (QED) is 0.656. The molecule has 0 saturated carbocycles. The highest BCUT2D eigenvalue weighted by molar-refractivity contribution is 5.20. The van der Waals surface area contributed by atoms with Gasteiger partial charge in [0.15, 0.2) is 0 Å². The number of hydrogen-bond donors (Lipinski definition) is 2. The summed E-state index contributed by atoms with van der Waals surface area (Å²) in [4.78, 5) is 7.53. The van der Waals surface area contributed by atoms with Crippen molar-refractivity contribution in [1.29, 1.82) is 0 Å². The molecule has 2 atom stereocenters. The molecule has 0 aliphatic carbocycles. The molecule has 1 aromatic rings. The molecule has 1 aliphatic rings. The van der Waals surface area contributed by atoms with Crippen LogP contribution in [0.3, 0.4) is 0 Å². The lowest BCUT2D eigenvalue weighted by molar-refractivity contribution is 0.0757. The molecule has 0 radical (unpaired) electrons. The van der Waals surface area contributed by atoms with Crippen molar-refractivity contribution < 1.29 is 4.74 Å². The highest BCUT2D eigenvalue weighted by Crippen LogP contribution is 2.28. The van der Waals surface area contributed by atoms with Crippen LogP contribution in [0.2, 0.25) is 0 Å². The van der Waals surface area contributed by atoms with Gasteiger partial charge in [0, 0.05) is 0 Å². The molecule has 4 nitrogen and oxygen atoms in total. The zero-order valence-electron chi connectivity index (χ0n) is 7.29. The van der Waals surface area contributed by atoms with E-state index in [-0.39, 0.29) is 12.1 Å². The Bertz CT molecular complexity index is 292. The number of nitrogens with two attached hydrogens (primary N) is 1. The minimum absolute atomic E-state index is 0.0252. The molecule has 0 saturated heterocycles. The van der Waals surface area contributed by atoms with Crippen molar-refractivity contribution in [2.24, 2.45) is 5.73 Å². The topological polar surface area (TPSA) is 63.9 Å². The van der Waals surface area contributed by atoms with Gasteiger partial charge in [-0.1, -0.05) is 0 Å². The fraction of sp³-hybridized carbons (Fsp3) is 0.625. The van der Waals surface area contributed by atoms with E-state index >= 15 is 0 Å². The van der Waals surface area contributed by atoms with Crippen molar-refractivity contribution in [3.63, 3.8) is 0 Å². The van der Waals surface area contributed by atoms with Gasteiger partial charge in [-0.25, -0.2) is 4.98 Å². The van der Waals surface area contributed by atoms with Crippen LogP contribution in [0.15, 0.2) is 0 Å². The number of fused-ring (bicyclic) bond motifs is 1. The number of nitrogens with zero attached hydrogens (tertiary/aromatic N) is 1. The molecule has 2 heterocycles. The van der Waals surface area contributed by atoms with Crippen molar-refractivity contribution in [1.82, 2.24) is 9.97 Å². The summed E-state index contributed by atoms with van der Waals surface area (Å²) >= 11 is 0. The van der Waals surface area contributed by atoms with Gasteiger partial charge < -0.3 is 15.5 Å². The fourth-order valence-corrected chi connectivity index (χ4v) is 1.39. The zero-order valence-corrected chi connectivity index (χ0v) is 7.29. The van der Waals surface area contributed by atoms with Crippen LogP contribution >= 0.6 is 0 Å². The number of rotatable bonds is 1. The summed E-state index contributed by atoms with van der Waals surface area (Å²) in [6, 6.07) is -0.0252. The zero-order chi connectivity index (χ0) is 8.72. The maximum Gasteiger partial charge on any atom is 0.123 e. The first kappa shape index (κ1) is 7.76. The van der Waals surface area contributed by atoms with E-state index in [0.717, 1.165) is 17.2 Å². The Morgan fingerprint density at radius 2 is 2.50 bits per heavy atom. The van der Waals surface area contributed by atoms with Gasteiger partial charge in [0.2, 0.25) is 0 Å². The Morgan fingerprint density at radius 3 is 3.08 bits per heavy atom. The minimum Gasteiger partial charge on any atom is -0.366 e. The first-order valence-corrected chi connectivity index (χ1v) is 4.14. The summed E-state index contributed by atoms with van der Waals surface area (Å²) in [6.07, 6.45) is 0.115. The molecular formula is C8H13N3O. The maximum absolute atomic E-state index is 5.69. The minimum atomic E-state index is -0.0252. The fourth-order valence-electron chi connectivity index (χ4n) is 1.39. The Kier molecular flexibility index (Phi) is 1.66. The van der Waals surface area contributed by atoms with E-state index in [4.69, 9.17) is 10.5 Å². The summed E-state index contributed by atoms with van der Waals surface area (Å²) in [6.45, 7) is 4.55. The van der Waals surface area contributed by atoms with E-state index in [1.807, 2.05) is 13.8 Å². The first-order valence-electron chi connectivity index (χ1n) is 4.14. The van der Waals surface area contributed by atoms with Crippen molar-refractivity contribution in [2.75, 3.05) is 0 Å². The molecule has 1 aliphatic heterocycles. The van der Waals surface area contributed by atoms with Gasteiger partial charge in [-0.15, -0.1) is 0 Å². The summed E-state index contributed by atoms with van der Waals surface area (Å²) < 4.78 is 5.36. The van der Waals surface area contributed by atoms with Gasteiger partial charge in [-0.3, -0.25) is 0 Å². The monoisotopic (exact) mass is 167 g/mol. The molecule has 3 N–H and O–H groups in total. The second kappa shape index (κ2) is 2.57. The van der Waals surface area contributed by atoms with Crippen LogP contribution in [0.1, 0.15) is 43.2 Å². The Hall–Kier alpha value is -0.870. The number of aromatic amines is 1. The molecule has 2 unspecified atom stereocenters. The average molecular weight is 167 g/mol. The normalized spacial score (nSPS) is 24.1. The number of nitrogens with one attached hydrogen (secondary N) is 1. The average Bonchev–Trinajstić information content (AvgIpc) is 2.53. The van der Waals surface area contributed by atoms with Gasteiger partial charge in [-0.2, -0.15) is 0 Å². The Morgan fingerprint density at radius 1 is 1.75 bits per heavy atom. The van der Waals surface area contributed by atoms with Crippen molar-refractivity contribution in [3.05, 3.63) is 17.2 Å². The van der Waals surface area contributed by atoms with Crippen LogP contribution in [0.5, 0.6) is 0 Å². The summed E-state index contributed by atoms with van der Waals surface area (Å²) in [5, 5.41) is 0. The summed E-state index contributed by atoms with van der Waals surface area (Å²) in [5.41, 5.74) is 7.78. The van der Waals surface area contributed by atoms with Crippen molar-refractivity contribution in [2.45, 2.75) is 32.6 Å². The van der Waals surface area contributed by atoms with Gasteiger partial charge >= 0.3 is 0 Å². The molecule has 0 aromatic carbocycles. The second-order valence-corrected chi connectivity index (χ2v) is 3.23. The largest absolute Gasteiger partial charge is 0.366 e. The highest BCUT2D eigenvalue weighted by Gasteiger charge is 2.24.